The Morgan fingerprint density at radius 3 is 2.29 bits per heavy atom. The highest BCUT2D eigenvalue weighted by atomic mass is 32.2. The third-order valence-electron chi connectivity index (χ3n) is 3.66. The van der Waals surface area contributed by atoms with Crippen molar-refractivity contribution in [2.24, 2.45) is 0 Å². The van der Waals surface area contributed by atoms with Gasteiger partial charge in [-0.3, -0.25) is 0 Å². The van der Waals surface area contributed by atoms with Crippen LogP contribution in [-0.2, 0) is 0 Å². The van der Waals surface area contributed by atoms with Gasteiger partial charge in [0.2, 0.25) is 0 Å². The number of benzene rings is 2. The van der Waals surface area contributed by atoms with Crippen LogP contribution >= 0.6 is 11.8 Å². The first-order valence-corrected chi connectivity index (χ1v) is 8.63. The molecule has 0 aliphatic rings. The zero-order valence-electron chi connectivity index (χ0n) is 13.2. The Morgan fingerprint density at radius 2 is 1.62 bits per heavy atom. The minimum atomic E-state index is 0.442. The maximum atomic E-state index is 3.66. The number of hydrogen-bond donors (Lipinski definition) is 1. The van der Waals surface area contributed by atoms with Gasteiger partial charge >= 0.3 is 0 Å². The maximum Gasteiger partial charge on any atom is 0.0328 e. The van der Waals surface area contributed by atoms with E-state index < -0.39 is 0 Å². The fourth-order valence-electron chi connectivity index (χ4n) is 2.44. The minimum absolute atomic E-state index is 0.442. The summed E-state index contributed by atoms with van der Waals surface area (Å²) in [7, 11) is 0. The smallest absolute Gasteiger partial charge is 0.0328 e. The second kappa shape index (κ2) is 8.26. The lowest BCUT2D eigenvalue weighted by Crippen LogP contribution is -2.21. The highest BCUT2D eigenvalue weighted by Crippen LogP contribution is 2.35. The molecule has 0 radical (unpaired) electrons. The van der Waals surface area contributed by atoms with Gasteiger partial charge in [-0.1, -0.05) is 62.0 Å². The van der Waals surface area contributed by atoms with Crippen LogP contribution in [0.2, 0.25) is 0 Å². The van der Waals surface area contributed by atoms with Crippen molar-refractivity contribution in [3.63, 3.8) is 0 Å². The molecule has 0 aliphatic carbocycles. The Hall–Kier alpha value is -1.25. The van der Waals surface area contributed by atoms with Crippen molar-refractivity contribution in [2.45, 2.75) is 49.4 Å². The monoisotopic (exact) mass is 299 g/mol. The van der Waals surface area contributed by atoms with E-state index in [9.17, 15) is 0 Å². The summed E-state index contributed by atoms with van der Waals surface area (Å²) in [6.45, 7) is 7.72. The van der Waals surface area contributed by atoms with E-state index in [-0.39, 0.29) is 0 Å². The second-order valence-electron chi connectivity index (χ2n) is 5.32. The molecule has 2 rings (SSSR count). The van der Waals surface area contributed by atoms with Gasteiger partial charge in [0, 0.05) is 15.8 Å². The zero-order valence-corrected chi connectivity index (χ0v) is 14.0. The SMILES string of the molecule is CCCNC(CC)c1ccccc1Sc1ccccc1C. The van der Waals surface area contributed by atoms with Gasteiger partial charge in [-0.2, -0.15) is 0 Å². The molecule has 1 N–H and O–H groups in total. The summed E-state index contributed by atoms with van der Waals surface area (Å²) in [5.41, 5.74) is 2.76. The number of nitrogens with one attached hydrogen (secondary N) is 1. The average molecular weight is 299 g/mol. The van der Waals surface area contributed by atoms with Gasteiger partial charge in [0.15, 0.2) is 0 Å². The van der Waals surface area contributed by atoms with E-state index >= 15 is 0 Å². The first kappa shape index (κ1) is 16.1. The molecule has 1 nitrogen and oxygen atoms in total. The van der Waals surface area contributed by atoms with Crippen LogP contribution in [0.1, 0.15) is 43.9 Å². The van der Waals surface area contributed by atoms with E-state index in [1.54, 1.807) is 0 Å². The molecular weight excluding hydrogens is 274 g/mol. The average Bonchev–Trinajstić information content (AvgIpc) is 2.52. The largest absolute Gasteiger partial charge is 0.310 e. The molecular formula is C19H25NS. The highest BCUT2D eigenvalue weighted by Gasteiger charge is 2.13. The molecule has 0 saturated carbocycles. The van der Waals surface area contributed by atoms with Gasteiger partial charge in [0.25, 0.3) is 0 Å². The van der Waals surface area contributed by atoms with Crippen LogP contribution in [0.4, 0.5) is 0 Å². The van der Waals surface area contributed by atoms with Crippen LogP contribution in [0.3, 0.4) is 0 Å². The third kappa shape index (κ3) is 4.36. The fraction of sp³-hybridized carbons (Fsp3) is 0.368. The highest BCUT2D eigenvalue weighted by molar-refractivity contribution is 7.99. The number of hydrogen-bond acceptors (Lipinski definition) is 2. The lowest BCUT2D eigenvalue weighted by Gasteiger charge is -2.20. The van der Waals surface area contributed by atoms with Crippen LogP contribution in [0.5, 0.6) is 0 Å². The molecule has 2 aromatic carbocycles. The molecule has 112 valence electrons. The third-order valence-corrected chi connectivity index (χ3v) is 4.93. The molecule has 2 aromatic rings. The number of rotatable bonds is 7. The van der Waals surface area contributed by atoms with Gasteiger partial charge < -0.3 is 5.32 Å². The van der Waals surface area contributed by atoms with Crippen LogP contribution in [0.25, 0.3) is 0 Å². The van der Waals surface area contributed by atoms with Crippen LogP contribution in [0, 0.1) is 6.92 Å². The first-order valence-electron chi connectivity index (χ1n) is 7.82. The Kier molecular flexibility index (Phi) is 6.34. The van der Waals surface area contributed by atoms with Crippen molar-refractivity contribution in [3.05, 3.63) is 59.7 Å². The summed E-state index contributed by atoms with van der Waals surface area (Å²) in [5.74, 6) is 0. The normalized spacial score (nSPS) is 12.3. The maximum absolute atomic E-state index is 3.66. The molecule has 0 heterocycles. The molecule has 0 saturated heterocycles. The van der Waals surface area contributed by atoms with Crippen LogP contribution < -0.4 is 5.32 Å². The van der Waals surface area contributed by atoms with E-state index in [4.69, 9.17) is 0 Å². The standard InChI is InChI=1S/C19H25NS/c1-4-14-20-17(5-2)16-11-7-9-13-19(16)21-18-12-8-6-10-15(18)3/h6-13,17,20H,4-5,14H2,1-3H3. The van der Waals surface area contributed by atoms with Crippen molar-refractivity contribution in [2.75, 3.05) is 6.54 Å². The van der Waals surface area contributed by atoms with Gasteiger partial charge in [0.05, 0.1) is 0 Å². The van der Waals surface area contributed by atoms with E-state index in [2.05, 4.69) is 74.6 Å². The summed E-state index contributed by atoms with van der Waals surface area (Å²) in [4.78, 5) is 2.71. The summed E-state index contributed by atoms with van der Waals surface area (Å²) < 4.78 is 0. The fourth-order valence-corrected chi connectivity index (χ4v) is 3.53. The lowest BCUT2D eigenvalue weighted by molar-refractivity contribution is 0.512. The van der Waals surface area contributed by atoms with Gasteiger partial charge in [-0.25, -0.2) is 0 Å². The summed E-state index contributed by atoms with van der Waals surface area (Å²) >= 11 is 1.88. The number of aryl methyl sites for hydroxylation is 1. The van der Waals surface area contributed by atoms with Gasteiger partial charge in [-0.05, 0) is 49.6 Å². The first-order chi connectivity index (χ1) is 10.3. The Labute approximate surface area is 133 Å². The van der Waals surface area contributed by atoms with Crippen LogP contribution in [0.15, 0.2) is 58.3 Å². The minimum Gasteiger partial charge on any atom is -0.310 e. The molecule has 0 amide bonds. The van der Waals surface area contributed by atoms with Gasteiger partial charge in [-0.15, -0.1) is 0 Å². The Balaban J connectivity index is 2.26. The topological polar surface area (TPSA) is 12.0 Å². The molecule has 0 bridgehead atoms. The van der Waals surface area contributed by atoms with Crippen molar-refractivity contribution in [1.82, 2.24) is 5.32 Å². The second-order valence-corrected chi connectivity index (χ2v) is 6.40. The molecule has 0 aliphatic heterocycles. The van der Waals surface area contributed by atoms with Crippen molar-refractivity contribution in [3.8, 4) is 0 Å². The van der Waals surface area contributed by atoms with Crippen molar-refractivity contribution >= 4 is 11.8 Å². The lowest BCUT2D eigenvalue weighted by atomic mass is 10.0. The zero-order chi connectivity index (χ0) is 15.1. The Morgan fingerprint density at radius 1 is 0.952 bits per heavy atom. The van der Waals surface area contributed by atoms with Crippen LogP contribution in [-0.4, -0.2) is 6.54 Å². The molecule has 0 aromatic heterocycles. The van der Waals surface area contributed by atoms with Crippen molar-refractivity contribution in [1.29, 1.82) is 0 Å². The summed E-state index contributed by atoms with van der Waals surface area (Å²) in [6.07, 6.45) is 2.29. The van der Waals surface area contributed by atoms with Gasteiger partial charge in [0.1, 0.15) is 0 Å². The predicted molar refractivity (Wildman–Crippen MR) is 93.1 cm³/mol. The molecule has 2 heteroatoms. The quantitative estimate of drug-likeness (QED) is 0.714. The Bertz CT molecular complexity index is 565. The molecule has 1 atom stereocenters. The van der Waals surface area contributed by atoms with E-state index in [1.807, 2.05) is 11.8 Å². The van der Waals surface area contributed by atoms with E-state index in [0.29, 0.717) is 6.04 Å². The summed E-state index contributed by atoms with van der Waals surface area (Å²) in [6, 6.07) is 17.8. The predicted octanol–water partition coefficient (Wildman–Crippen LogP) is 5.60. The molecule has 21 heavy (non-hydrogen) atoms. The molecule has 1 unspecified atom stereocenters. The molecule has 0 fully saturated rings. The van der Waals surface area contributed by atoms with Crippen molar-refractivity contribution < 1.29 is 0 Å². The van der Waals surface area contributed by atoms with E-state index in [1.165, 1.54) is 27.3 Å². The van der Waals surface area contributed by atoms with E-state index in [0.717, 1.165) is 13.0 Å². The summed E-state index contributed by atoms with van der Waals surface area (Å²) in [5, 5.41) is 3.66. The molecule has 0 spiro atoms.